The lowest BCUT2D eigenvalue weighted by Gasteiger charge is -2.12. The number of fused-ring (bicyclic) bond motifs is 1. The van der Waals surface area contributed by atoms with Gasteiger partial charge in [-0.25, -0.2) is 18.3 Å². The Kier molecular flexibility index (Phi) is 4.93. The van der Waals surface area contributed by atoms with Crippen LogP contribution in [0.25, 0.3) is 5.65 Å². The molecule has 0 atom stereocenters. The topological polar surface area (TPSA) is 88.4 Å². The van der Waals surface area contributed by atoms with E-state index in [-0.39, 0.29) is 11.3 Å². The van der Waals surface area contributed by atoms with Crippen molar-refractivity contribution in [3.63, 3.8) is 0 Å². The predicted molar refractivity (Wildman–Crippen MR) is 106 cm³/mol. The number of aromatic nitrogens is 3. The molecule has 4 rings (SSSR count). The van der Waals surface area contributed by atoms with Gasteiger partial charge >= 0.3 is 0 Å². The third kappa shape index (κ3) is 3.86. The number of amides is 2. The van der Waals surface area contributed by atoms with E-state index in [0.29, 0.717) is 16.9 Å². The first-order valence-electron chi connectivity index (χ1n) is 8.88. The van der Waals surface area contributed by atoms with Gasteiger partial charge in [0.05, 0.1) is 5.69 Å². The molecule has 0 bridgehead atoms. The maximum absolute atomic E-state index is 13.8. The number of nitrogens with zero attached hydrogens (tertiary/aromatic N) is 3. The molecule has 0 spiro atoms. The van der Waals surface area contributed by atoms with E-state index in [1.165, 1.54) is 23.0 Å². The fourth-order valence-electron chi connectivity index (χ4n) is 2.84. The number of benzene rings is 2. The monoisotopic (exact) mass is 407 g/mol. The van der Waals surface area contributed by atoms with Crippen LogP contribution in [0.15, 0.2) is 61.1 Å². The molecule has 4 aromatic rings. The summed E-state index contributed by atoms with van der Waals surface area (Å²) in [6.07, 6.45) is 2.99. The molecule has 9 heteroatoms. The van der Waals surface area contributed by atoms with Crippen LogP contribution in [0.1, 0.15) is 26.3 Å². The molecule has 2 aromatic carbocycles. The molecule has 2 heterocycles. The number of hydrogen-bond acceptors (Lipinski definition) is 4. The molecule has 0 aliphatic rings. The summed E-state index contributed by atoms with van der Waals surface area (Å²) in [6, 6.07) is 10.6. The van der Waals surface area contributed by atoms with Gasteiger partial charge in [-0.2, -0.15) is 5.10 Å². The molecule has 7 nitrogen and oxygen atoms in total. The van der Waals surface area contributed by atoms with Gasteiger partial charge in [0.1, 0.15) is 18.0 Å². The molecule has 0 aliphatic carbocycles. The van der Waals surface area contributed by atoms with Crippen LogP contribution in [0.2, 0.25) is 0 Å². The number of carbonyl (C=O) groups excluding carboxylic acids is 2. The Hall–Kier alpha value is -4.14. The van der Waals surface area contributed by atoms with Crippen molar-refractivity contribution in [1.82, 2.24) is 14.6 Å². The number of carbonyl (C=O) groups is 2. The Morgan fingerprint density at radius 1 is 0.900 bits per heavy atom. The second-order valence-corrected chi connectivity index (χ2v) is 6.54. The Labute approximate surface area is 169 Å². The Morgan fingerprint density at radius 3 is 2.43 bits per heavy atom. The van der Waals surface area contributed by atoms with E-state index in [4.69, 9.17) is 0 Å². The van der Waals surface area contributed by atoms with Gasteiger partial charge in [-0.3, -0.25) is 9.59 Å². The van der Waals surface area contributed by atoms with Crippen LogP contribution in [-0.2, 0) is 0 Å². The highest BCUT2D eigenvalue weighted by molar-refractivity contribution is 6.08. The minimum absolute atomic E-state index is 0.174. The zero-order chi connectivity index (χ0) is 21.3. The third-order valence-electron chi connectivity index (χ3n) is 4.47. The summed E-state index contributed by atoms with van der Waals surface area (Å²) in [5, 5.41) is 9.06. The number of nitrogens with one attached hydrogen (secondary N) is 2. The van der Waals surface area contributed by atoms with Gasteiger partial charge in [-0.1, -0.05) is 6.07 Å². The van der Waals surface area contributed by atoms with E-state index in [2.05, 4.69) is 20.7 Å². The summed E-state index contributed by atoms with van der Waals surface area (Å²) < 4.78 is 28.6. The Bertz CT molecular complexity index is 1290. The Balaban J connectivity index is 1.55. The number of hydrogen-bond donors (Lipinski definition) is 2. The smallest absolute Gasteiger partial charge is 0.255 e. The van der Waals surface area contributed by atoms with Crippen molar-refractivity contribution >= 4 is 28.8 Å². The van der Waals surface area contributed by atoms with E-state index in [9.17, 15) is 18.4 Å². The molecule has 0 saturated carbocycles. The lowest BCUT2D eigenvalue weighted by atomic mass is 10.1. The summed E-state index contributed by atoms with van der Waals surface area (Å²) in [5.41, 5.74) is 1.92. The number of pyridine rings is 1. The Morgan fingerprint density at radius 2 is 1.63 bits per heavy atom. The summed E-state index contributed by atoms with van der Waals surface area (Å²) in [6.45, 7) is 1.77. The highest BCUT2D eigenvalue weighted by atomic mass is 19.1. The van der Waals surface area contributed by atoms with Gasteiger partial charge in [0.25, 0.3) is 11.8 Å². The third-order valence-corrected chi connectivity index (χ3v) is 4.47. The van der Waals surface area contributed by atoms with Gasteiger partial charge in [-0.15, -0.1) is 0 Å². The normalized spacial score (nSPS) is 10.8. The maximum atomic E-state index is 13.8. The fourth-order valence-corrected chi connectivity index (χ4v) is 2.84. The molecule has 2 N–H and O–H groups in total. The SMILES string of the molecule is Cc1ccc(C(=O)Nc2cc(F)ccc2F)cc1NC(=O)c1ccn2ncnc2c1. The minimum atomic E-state index is -0.755. The number of rotatable bonds is 4. The first-order valence-corrected chi connectivity index (χ1v) is 8.88. The molecule has 30 heavy (non-hydrogen) atoms. The van der Waals surface area contributed by atoms with E-state index >= 15 is 0 Å². The summed E-state index contributed by atoms with van der Waals surface area (Å²) >= 11 is 0. The standard InChI is InChI=1S/C21H15F2N5O2/c1-12-2-3-13(20(29)27-18-10-15(22)4-5-16(18)23)8-17(12)26-21(30)14-6-7-28-19(9-14)24-11-25-28/h2-11H,1H3,(H,26,30)(H,27,29). The molecular formula is C21H15F2N5O2. The van der Waals surface area contributed by atoms with E-state index < -0.39 is 23.4 Å². The van der Waals surface area contributed by atoms with Gasteiger partial charge in [0, 0.05) is 29.1 Å². The van der Waals surface area contributed by atoms with Crippen LogP contribution in [0, 0.1) is 18.6 Å². The van der Waals surface area contributed by atoms with Crippen molar-refractivity contribution in [3.8, 4) is 0 Å². The largest absolute Gasteiger partial charge is 0.322 e. The molecule has 0 unspecified atom stereocenters. The van der Waals surface area contributed by atoms with Crippen LogP contribution in [0.5, 0.6) is 0 Å². The first-order chi connectivity index (χ1) is 14.4. The molecule has 2 aromatic heterocycles. The highest BCUT2D eigenvalue weighted by Crippen LogP contribution is 2.21. The maximum Gasteiger partial charge on any atom is 0.255 e. The number of halogens is 2. The molecule has 0 radical (unpaired) electrons. The average Bonchev–Trinajstić information content (AvgIpc) is 3.20. The van der Waals surface area contributed by atoms with Crippen molar-refractivity contribution in [1.29, 1.82) is 0 Å². The van der Waals surface area contributed by atoms with Gasteiger partial charge in [0.15, 0.2) is 5.65 Å². The van der Waals surface area contributed by atoms with E-state index in [1.54, 1.807) is 31.3 Å². The summed E-state index contributed by atoms with van der Waals surface area (Å²) in [7, 11) is 0. The van der Waals surface area contributed by atoms with Gasteiger partial charge in [-0.05, 0) is 48.9 Å². The van der Waals surface area contributed by atoms with Crippen LogP contribution in [-0.4, -0.2) is 26.4 Å². The van der Waals surface area contributed by atoms with Gasteiger partial charge < -0.3 is 10.6 Å². The average molecular weight is 407 g/mol. The van der Waals surface area contributed by atoms with Crippen LogP contribution in [0.3, 0.4) is 0 Å². The van der Waals surface area contributed by atoms with Crippen LogP contribution in [0.4, 0.5) is 20.2 Å². The predicted octanol–water partition coefficient (Wildman–Crippen LogP) is 3.82. The lowest BCUT2D eigenvalue weighted by Crippen LogP contribution is -2.16. The lowest BCUT2D eigenvalue weighted by molar-refractivity contribution is 0.101. The molecule has 0 fully saturated rings. The molecule has 150 valence electrons. The molecule has 0 aliphatic heterocycles. The van der Waals surface area contributed by atoms with Gasteiger partial charge in [0.2, 0.25) is 0 Å². The zero-order valence-electron chi connectivity index (χ0n) is 15.7. The second-order valence-electron chi connectivity index (χ2n) is 6.54. The summed E-state index contributed by atoms with van der Waals surface area (Å²) in [5.74, 6) is -2.46. The first kappa shape index (κ1) is 19.2. The zero-order valence-corrected chi connectivity index (χ0v) is 15.7. The fraction of sp³-hybridized carbons (Fsp3) is 0.0476. The number of anilines is 2. The molecular weight excluding hydrogens is 392 g/mol. The second kappa shape index (κ2) is 7.70. The van der Waals surface area contributed by atoms with Crippen molar-refractivity contribution in [2.24, 2.45) is 0 Å². The van der Waals surface area contributed by atoms with Crippen molar-refractivity contribution in [3.05, 3.63) is 89.4 Å². The molecule has 2 amide bonds. The van der Waals surface area contributed by atoms with Crippen molar-refractivity contribution < 1.29 is 18.4 Å². The summed E-state index contributed by atoms with van der Waals surface area (Å²) in [4.78, 5) is 29.1. The van der Waals surface area contributed by atoms with Crippen LogP contribution >= 0.6 is 0 Å². The van der Waals surface area contributed by atoms with Crippen molar-refractivity contribution in [2.45, 2.75) is 6.92 Å². The van der Waals surface area contributed by atoms with Crippen molar-refractivity contribution in [2.75, 3.05) is 10.6 Å². The van der Waals surface area contributed by atoms with E-state index in [0.717, 1.165) is 23.8 Å². The quantitative estimate of drug-likeness (QED) is 0.538. The van der Waals surface area contributed by atoms with Crippen LogP contribution < -0.4 is 10.6 Å². The highest BCUT2D eigenvalue weighted by Gasteiger charge is 2.14. The minimum Gasteiger partial charge on any atom is -0.322 e. The number of aryl methyl sites for hydroxylation is 1. The molecule has 0 saturated heterocycles. The van der Waals surface area contributed by atoms with E-state index in [1.807, 2.05) is 0 Å².